The molecule has 1 aromatic carbocycles. The van der Waals surface area contributed by atoms with E-state index in [4.69, 9.17) is 12.2 Å². The van der Waals surface area contributed by atoms with Crippen LogP contribution in [0.4, 0.5) is 0 Å². The Morgan fingerprint density at radius 1 is 1.36 bits per heavy atom. The minimum absolute atomic E-state index is 0.0602. The van der Waals surface area contributed by atoms with Crippen molar-refractivity contribution in [3.05, 3.63) is 60.4 Å². The van der Waals surface area contributed by atoms with Gasteiger partial charge in [0.1, 0.15) is 0 Å². The summed E-state index contributed by atoms with van der Waals surface area (Å²) in [5.41, 5.74) is 1.51. The maximum Gasteiger partial charge on any atom is 0.228 e. The van der Waals surface area contributed by atoms with Gasteiger partial charge in [-0.2, -0.15) is 0 Å². The highest BCUT2D eigenvalue weighted by molar-refractivity contribution is 7.90. The summed E-state index contributed by atoms with van der Waals surface area (Å²) in [5, 5.41) is 3.92. The SMILES string of the molecule is C=CCn1c(CN(CC)C(=S)NC(C)C)cnc1S(=O)(=O)Cc1ccccc1. The summed E-state index contributed by atoms with van der Waals surface area (Å²) >= 11 is 5.47. The van der Waals surface area contributed by atoms with Crippen molar-refractivity contribution in [1.29, 1.82) is 0 Å². The minimum Gasteiger partial charge on any atom is -0.360 e. The summed E-state index contributed by atoms with van der Waals surface area (Å²) in [7, 11) is -3.59. The van der Waals surface area contributed by atoms with E-state index in [0.717, 1.165) is 11.3 Å². The zero-order valence-electron chi connectivity index (χ0n) is 16.6. The van der Waals surface area contributed by atoms with E-state index in [1.807, 2.05) is 43.9 Å². The van der Waals surface area contributed by atoms with E-state index in [1.165, 1.54) is 0 Å². The summed E-state index contributed by atoms with van der Waals surface area (Å²) in [5.74, 6) is -0.0910. The van der Waals surface area contributed by atoms with Gasteiger partial charge in [-0.3, -0.25) is 0 Å². The quantitative estimate of drug-likeness (QED) is 0.497. The van der Waals surface area contributed by atoms with Crippen molar-refractivity contribution in [1.82, 2.24) is 19.8 Å². The first-order valence-corrected chi connectivity index (χ1v) is 11.3. The van der Waals surface area contributed by atoms with Crippen LogP contribution in [0.2, 0.25) is 0 Å². The zero-order chi connectivity index (χ0) is 20.7. The second kappa shape index (κ2) is 9.84. The number of nitrogens with one attached hydrogen (secondary N) is 1. The normalized spacial score (nSPS) is 11.4. The molecular weight excluding hydrogens is 392 g/mol. The highest BCUT2D eigenvalue weighted by atomic mass is 32.2. The van der Waals surface area contributed by atoms with Gasteiger partial charge in [0.15, 0.2) is 5.11 Å². The van der Waals surface area contributed by atoms with E-state index in [9.17, 15) is 8.42 Å². The molecule has 2 rings (SSSR count). The van der Waals surface area contributed by atoms with Crippen LogP contribution in [0.15, 0.2) is 54.3 Å². The highest BCUT2D eigenvalue weighted by Gasteiger charge is 2.24. The summed E-state index contributed by atoms with van der Waals surface area (Å²) in [6, 6.07) is 9.34. The third-order valence-electron chi connectivity index (χ3n) is 4.12. The monoisotopic (exact) mass is 420 g/mol. The fraction of sp³-hybridized carbons (Fsp3) is 0.400. The average Bonchev–Trinajstić information content (AvgIpc) is 3.03. The van der Waals surface area contributed by atoms with Gasteiger partial charge < -0.3 is 14.8 Å². The lowest BCUT2D eigenvalue weighted by Gasteiger charge is -2.26. The smallest absolute Gasteiger partial charge is 0.228 e. The number of hydrogen-bond acceptors (Lipinski definition) is 4. The fourth-order valence-electron chi connectivity index (χ4n) is 2.81. The molecule has 1 aromatic heterocycles. The molecule has 6 nitrogen and oxygen atoms in total. The number of nitrogens with zero attached hydrogens (tertiary/aromatic N) is 3. The number of allylic oxidation sites excluding steroid dienone is 1. The van der Waals surface area contributed by atoms with Crippen LogP contribution in [0.5, 0.6) is 0 Å². The number of sulfone groups is 1. The van der Waals surface area contributed by atoms with Gasteiger partial charge in [0.2, 0.25) is 15.0 Å². The molecule has 0 radical (unpaired) electrons. The molecule has 0 bridgehead atoms. The molecule has 0 fully saturated rings. The lowest BCUT2D eigenvalue weighted by atomic mass is 10.2. The number of rotatable bonds is 9. The molecule has 0 aliphatic rings. The van der Waals surface area contributed by atoms with Crippen LogP contribution in [-0.4, -0.2) is 40.6 Å². The molecule has 0 aliphatic heterocycles. The number of imidazole rings is 1. The first kappa shape index (κ1) is 22.1. The molecule has 1 heterocycles. The molecule has 8 heteroatoms. The van der Waals surface area contributed by atoms with Gasteiger partial charge >= 0.3 is 0 Å². The first-order chi connectivity index (χ1) is 13.3. The van der Waals surface area contributed by atoms with Crippen molar-refractivity contribution in [2.24, 2.45) is 0 Å². The molecule has 0 spiro atoms. The van der Waals surface area contributed by atoms with Crippen LogP contribution in [0.25, 0.3) is 0 Å². The Morgan fingerprint density at radius 2 is 2.04 bits per heavy atom. The maximum absolute atomic E-state index is 13.0. The molecule has 0 amide bonds. The van der Waals surface area contributed by atoms with E-state index >= 15 is 0 Å². The molecular formula is C20H28N4O2S2. The predicted octanol–water partition coefficient (Wildman–Crippen LogP) is 3.15. The van der Waals surface area contributed by atoms with Crippen LogP contribution in [-0.2, 0) is 28.7 Å². The van der Waals surface area contributed by atoms with Crippen LogP contribution in [0.1, 0.15) is 32.0 Å². The molecule has 0 aliphatic carbocycles. The lowest BCUT2D eigenvalue weighted by molar-refractivity contribution is 0.406. The van der Waals surface area contributed by atoms with Gasteiger partial charge in [-0.15, -0.1) is 6.58 Å². The van der Waals surface area contributed by atoms with E-state index in [0.29, 0.717) is 24.7 Å². The van der Waals surface area contributed by atoms with Crippen molar-refractivity contribution >= 4 is 27.2 Å². The maximum atomic E-state index is 13.0. The van der Waals surface area contributed by atoms with E-state index in [-0.39, 0.29) is 17.0 Å². The molecule has 28 heavy (non-hydrogen) atoms. The summed E-state index contributed by atoms with van der Waals surface area (Å²) in [6.45, 7) is 11.3. The van der Waals surface area contributed by atoms with Crippen LogP contribution < -0.4 is 5.32 Å². The lowest BCUT2D eigenvalue weighted by Crippen LogP contribution is -2.42. The molecule has 1 N–H and O–H groups in total. The van der Waals surface area contributed by atoms with Gasteiger partial charge in [0.25, 0.3) is 0 Å². The Balaban J connectivity index is 2.32. The first-order valence-electron chi connectivity index (χ1n) is 9.26. The number of thiocarbonyl (C=S) groups is 1. The largest absolute Gasteiger partial charge is 0.360 e. The fourth-order valence-corrected chi connectivity index (χ4v) is 4.74. The summed E-state index contributed by atoms with van der Waals surface area (Å²) < 4.78 is 27.7. The van der Waals surface area contributed by atoms with Crippen LogP contribution in [0, 0.1) is 0 Å². The summed E-state index contributed by atoms with van der Waals surface area (Å²) in [6.07, 6.45) is 3.29. The molecule has 0 unspecified atom stereocenters. The molecule has 0 atom stereocenters. The second-order valence-electron chi connectivity index (χ2n) is 6.79. The van der Waals surface area contributed by atoms with Crippen LogP contribution >= 0.6 is 12.2 Å². The van der Waals surface area contributed by atoms with Gasteiger partial charge in [0.05, 0.1) is 24.2 Å². The number of aromatic nitrogens is 2. The number of benzene rings is 1. The van der Waals surface area contributed by atoms with Gasteiger partial charge in [-0.05, 0) is 38.6 Å². The van der Waals surface area contributed by atoms with E-state index in [1.54, 1.807) is 29.0 Å². The summed E-state index contributed by atoms with van der Waals surface area (Å²) in [4.78, 5) is 6.23. The molecule has 0 saturated heterocycles. The van der Waals surface area contributed by atoms with Gasteiger partial charge in [-0.25, -0.2) is 13.4 Å². The molecule has 2 aromatic rings. The second-order valence-corrected chi connectivity index (χ2v) is 9.06. The molecule has 0 saturated carbocycles. The highest BCUT2D eigenvalue weighted by Crippen LogP contribution is 2.19. The van der Waals surface area contributed by atoms with Gasteiger partial charge in [0, 0.05) is 19.1 Å². The zero-order valence-corrected chi connectivity index (χ0v) is 18.3. The Kier molecular flexibility index (Phi) is 7.77. The van der Waals surface area contributed by atoms with Gasteiger partial charge in [-0.1, -0.05) is 36.4 Å². The van der Waals surface area contributed by atoms with Crippen molar-refractivity contribution in [3.63, 3.8) is 0 Å². The third kappa shape index (κ3) is 5.65. The number of hydrogen-bond donors (Lipinski definition) is 1. The minimum atomic E-state index is -3.59. The average molecular weight is 421 g/mol. The van der Waals surface area contributed by atoms with E-state index < -0.39 is 9.84 Å². The Labute approximate surface area is 173 Å². The van der Waals surface area contributed by atoms with E-state index in [2.05, 4.69) is 16.9 Å². The molecule has 152 valence electrons. The standard InChI is InChI=1S/C20H28N4O2S2/c1-5-12-24-18(14-23(6-2)19(27)22-16(3)4)13-21-20(24)28(25,26)15-17-10-8-7-9-11-17/h5,7-11,13,16H,1,6,12,14-15H2,2-4H3,(H,22,27). The van der Waals surface area contributed by atoms with Crippen molar-refractivity contribution in [3.8, 4) is 0 Å². The third-order valence-corrected chi connectivity index (χ3v) is 6.10. The Bertz CT molecular complexity index is 906. The van der Waals surface area contributed by atoms with Crippen molar-refractivity contribution in [2.75, 3.05) is 6.54 Å². The predicted molar refractivity (Wildman–Crippen MR) is 117 cm³/mol. The van der Waals surface area contributed by atoms with Crippen molar-refractivity contribution in [2.45, 2.75) is 50.8 Å². The van der Waals surface area contributed by atoms with Crippen molar-refractivity contribution < 1.29 is 8.42 Å². The Morgan fingerprint density at radius 3 is 2.61 bits per heavy atom. The van der Waals surface area contributed by atoms with Crippen LogP contribution in [0.3, 0.4) is 0 Å². The Hall–Kier alpha value is -2.19. The topological polar surface area (TPSA) is 67.2 Å².